The van der Waals surface area contributed by atoms with E-state index in [2.05, 4.69) is 20.4 Å². The fourth-order valence-corrected chi connectivity index (χ4v) is 1.38. The zero-order valence-electron chi connectivity index (χ0n) is 9.58. The molecule has 0 spiro atoms. The highest BCUT2D eigenvalue weighted by Crippen LogP contribution is 2.18. The Morgan fingerprint density at radius 3 is 2.88 bits per heavy atom. The third kappa shape index (κ3) is 2.12. The van der Waals surface area contributed by atoms with Crippen molar-refractivity contribution in [3.8, 4) is 11.4 Å². The molecule has 0 aromatic carbocycles. The van der Waals surface area contributed by atoms with Crippen molar-refractivity contribution in [3.63, 3.8) is 0 Å². The lowest BCUT2D eigenvalue weighted by atomic mass is 10.1. The van der Waals surface area contributed by atoms with E-state index in [1.54, 1.807) is 12.3 Å². The van der Waals surface area contributed by atoms with E-state index in [-0.39, 0.29) is 5.69 Å². The number of carbonyl (C=O) groups excluding carboxylic acids is 1. The average molecular weight is 232 g/mol. The molecule has 0 aliphatic carbocycles. The highest BCUT2D eigenvalue weighted by molar-refractivity contribution is 5.92. The van der Waals surface area contributed by atoms with Gasteiger partial charge >= 0.3 is 0 Å². The minimum atomic E-state index is -0.575. The molecule has 2 aromatic rings. The first-order valence-corrected chi connectivity index (χ1v) is 5.16. The first-order chi connectivity index (χ1) is 8.11. The number of rotatable bonds is 3. The highest BCUT2D eigenvalue weighted by atomic mass is 16.1. The fraction of sp³-hybridized carbons (Fsp3) is 0.300. The third-order valence-corrected chi connectivity index (χ3v) is 2.33. The summed E-state index contributed by atoms with van der Waals surface area (Å²) in [5.41, 5.74) is 6.95. The summed E-state index contributed by atoms with van der Waals surface area (Å²) in [6, 6.07) is 1.58. The zero-order chi connectivity index (χ0) is 12.4. The lowest BCUT2D eigenvalue weighted by Gasteiger charge is -2.02. The second kappa shape index (κ2) is 4.28. The van der Waals surface area contributed by atoms with E-state index in [0.29, 0.717) is 17.9 Å². The van der Waals surface area contributed by atoms with Gasteiger partial charge in [-0.3, -0.25) is 9.78 Å². The number of primary amides is 1. The quantitative estimate of drug-likeness (QED) is 0.812. The third-order valence-electron chi connectivity index (χ3n) is 2.33. The van der Waals surface area contributed by atoms with Crippen molar-refractivity contribution >= 4 is 5.91 Å². The molecule has 7 heteroatoms. The highest BCUT2D eigenvalue weighted by Gasteiger charge is 2.12. The molecule has 2 N–H and O–H groups in total. The van der Waals surface area contributed by atoms with Crippen LogP contribution in [0.25, 0.3) is 11.4 Å². The van der Waals surface area contributed by atoms with Crippen molar-refractivity contribution in [2.75, 3.05) is 0 Å². The molecule has 17 heavy (non-hydrogen) atoms. The molecule has 0 radical (unpaired) electrons. The van der Waals surface area contributed by atoms with Crippen LogP contribution in [0.5, 0.6) is 0 Å². The van der Waals surface area contributed by atoms with Gasteiger partial charge in [0, 0.05) is 11.8 Å². The maximum Gasteiger partial charge on any atom is 0.267 e. The molecule has 0 saturated heterocycles. The van der Waals surface area contributed by atoms with Gasteiger partial charge in [0.2, 0.25) is 5.82 Å². The minimum absolute atomic E-state index is 0.193. The predicted molar refractivity (Wildman–Crippen MR) is 60.0 cm³/mol. The summed E-state index contributed by atoms with van der Waals surface area (Å²) in [7, 11) is 0. The number of hydrogen-bond acceptors (Lipinski definition) is 5. The lowest BCUT2D eigenvalue weighted by Crippen LogP contribution is -2.13. The van der Waals surface area contributed by atoms with Gasteiger partial charge in [-0.25, -0.2) is 0 Å². The molecule has 0 unspecified atom stereocenters. The zero-order valence-corrected chi connectivity index (χ0v) is 9.58. The van der Waals surface area contributed by atoms with E-state index in [1.165, 1.54) is 4.80 Å². The molecule has 0 aliphatic rings. The largest absolute Gasteiger partial charge is 0.364 e. The van der Waals surface area contributed by atoms with Gasteiger partial charge in [-0.1, -0.05) is 0 Å². The molecule has 0 saturated carbocycles. The molecule has 2 rings (SSSR count). The Balaban J connectivity index is 2.49. The Kier molecular flexibility index (Phi) is 2.82. The van der Waals surface area contributed by atoms with Crippen molar-refractivity contribution < 1.29 is 4.79 Å². The maximum atomic E-state index is 11.1. The van der Waals surface area contributed by atoms with Gasteiger partial charge in [0.15, 0.2) is 0 Å². The van der Waals surface area contributed by atoms with E-state index in [9.17, 15) is 4.79 Å². The predicted octanol–water partition coefficient (Wildman–Crippen LogP) is 0.162. The molecule has 0 fully saturated rings. The smallest absolute Gasteiger partial charge is 0.267 e. The van der Waals surface area contributed by atoms with Gasteiger partial charge in [0.25, 0.3) is 5.91 Å². The monoisotopic (exact) mass is 232 g/mol. The second-order valence-electron chi connectivity index (χ2n) is 3.55. The van der Waals surface area contributed by atoms with Crippen molar-refractivity contribution in [2.24, 2.45) is 5.73 Å². The van der Waals surface area contributed by atoms with Crippen LogP contribution in [0.2, 0.25) is 0 Å². The summed E-state index contributed by atoms with van der Waals surface area (Å²) in [5.74, 6) is -0.108. The van der Waals surface area contributed by atoms with E-state index < -0.39 is 5.91 Å². The number of nitrogens with zero attached hydrogens (tertiary/aromatic N) is 5. The summed E-state index contributed by atoms with van der Waals surface area (Å²) in [5, 5.41) is 12.0. The van der Waals surface area contributed by atoms with Crippen molar-refractivity contribution in [1.82, 2.24) is 25.2 Å². The van der Waals surface area contributed by atoms with E-state index >= 15 is 0 Å². The Morgan fingerprint density at radius 2 is 2.29 bits per heavy atom. The molecule has 88 valence electrons. The van der Waals surface area contributed by atoms with Gasteiger partial charge < -0.3 is 5.73 Å². The molecule has 1 amide bonds. The van der Waals surface area contributed by atoms with Gasteiger partial charge in [-0.05, 0) is 30.7 Å². The van der Waals surface area contributed by atoms with Gasteiger partial charge in [-0.15, -0.1) is 10.2 Å². The summed E-state index contributed by atoms with van der Waals surface area (Å²) >= 11 is 0. The SMILES string of the molecule is CCn1nnc(-c2cc(C(N)=O)ncc2C)n1. The normalized spacial score (nSPS) is 10.5. The van der Waals surface area contributed by atoms with Crippen LogP contribution in [0.3, 0.4) is 0 Å². The summed E-state index contributed by atoms with van der Waals surface area (Å²) in [6.45, 7) is 4.42. The van der Waals surface area contributed by atoms with E-state index in [0.717, 1.165) is 5.56 Å². The minimum Gasteiger partial charge on any atom is -0.364 e. The van der Waals surface area contributed by atoms with Crippen LogP contribution >= 0.6 is 0 Å². The molecule has 0 aliphatic heterocycles. The summed E-state index contributed by atoms with van der Waals surface area (Å²) in [6.07, 6.45) is 1.57. The number of aryl methyl sites for hydroxylation is 2. The lowest BCUT2D eigenvalue weighted by molar-refractivity contribution is 0.0995. The average Bonchev–Trinajstić information content (AvgIpc) is 2.77. The van der Waals surface area contributed by atoms with Crippen molar-refractivity contribution in [1.29, 1.82) is 0 Å². The molecule has 0 atom stereocenters. The number of hydrogen-bond donors (Lipinski definition) is 1. The van der Waals surface area contributed by atoms with Crippen LogP contribution in [0, 0.1) is 6.92 Å². The first kappa shape index (κ1) is 11.2. The van der Waals surface area contributed by atoms with Crippen LogP contribution in [-0.2, 0) is 6.54 Å². The number of amides is 1. The Bertz CT molecular complexity index is 562. The number of tetrazole rings is 1. The van der Waals surface area contributed by atoms with Crippen LogP contribution in [0.4, 0.5) is 0 Å². The van der Waals surface area contributed by atoms with Crippen LogP contribution in [0.1, 0.15) is 23.0 Å². The van der Waals surface area contributed by atoms with Crippen molar-refractivity contribution in [2.45, 2.75) is 20.4 Å². The number of aromatic nitrogens is 5. The van der Waals surface area contributed by atoms with Crippen LogP contribution in [0.15, 0.2) is 12.3 Å². The Hall–Kier alpha value is -2.31. The number of pyridine rings is 1. The van der Waals surface area contributed by atoms with Gasteiger partial charge in [0.05, 0.1) is 6.54 Å². The van der Waals surface area contributed by atoms with Gasteiger partial charge in [-0.2, -0.15) is 4.80 Å². The molecule has 0 bridgehead atoms. The molecule has 2 aromatic heterocycles. The number of carbonyl (C=O) groups is 1. The number of nitrogens with two attached hydrogens (primary N) is 1. The standard InChI is InChI=1S/C10H12N6O/c1-3-16-14-10(13-15-16)7-4-8(9(11)17)12-5-6(7)2/h4-5H,3H2,1-2H3,(H2,11,17). The van der Waals surface area contributed by atoms with Crippen molar-refractivity contribution in [3.05, 3.63) is 23.5 Å². The molecule has 7 nitrogen and oxygen atoms in total. The van der Waals surface area contributed by atoms with E-state index in [4.69, 9.17) is 5.73 Å². The molecule has 2 heterocycles. The fourth-order valence-electron chi connectivity index (χ4n) is 1.38. The summed E-state index contributed by atoms with van der Waals surface area (Å²) < 4.78 is 0. The van der Waals surface area contributed by atoms with E-state index in [1.807, 2.05) is 13.8 Å². The Morgan fingerprint density at radius 1 is 1.53 bits per heavy atom. The Labute approximate surface area is 97.7 Å². The summed E-state index contributed by atoms with van der Waals surface area (Å²) in [4.78, 5) is 16.5. The maximum absolute atomic E-state index is 11.1. The topological polar surface area (TPSA) is 99.6 Å². The second-order valence-corrected chi connectivity index (χ2v) is 3.55. The van der Waals surface area contributed by atoms with Gasteiger partial charge in [0.1, 0.15) is 5.69 Å². The molecular weight excluding hydrogens is 220 g/mol. The van der Waals surface area contributed by atoms with Crippen LogP contribution in [-0.4, -0.2) is 31.1 Å². The first-order valence-electron chi connectivity index (χ1n) is 5.16. The molecular formula is C10H12N6O. The van der Waals surface area contributed by atoms with Crippen LogP contribution < -0.4 is 5.73 Å².